The monoisotopic (exact) mass is 585 g/mol. The minimum atomic E-state index is -1.26. The van der Waals surface area contributed by atoms with E-state index in [1.54, 1.807) is 31.3 Å². The molecule has 0 aliphatic carbocycles. The zero-order valence-electron chi connectivity index (χ0n) is 25.0. The Hall–Kier alpha value is -2.62. The topological polar surface area (TPSA) is 115 Å². The van der Waals surface area contributed by atoms with Crippen molar-refractivity contribution in [2.45, 2.75) is 110 Å². The summed E-state index contributed by atoms with van der Waals surface area (Å²) in [6.45, 7) is 14.3. The van der Waals surface area contributed by atoms with E-state index in [-0.39, 0.29) is 36.2 Å². The number of carbonyl (C=O) groups excluding carboxylic acids is 3. The summed E-state index contributed by atoms with van der Waals surface area (Å²) in [6.07, 6.45) is 1.71. The van der Waals surface area contributed by atoms with Crippen LogP contribution in [0.2, 0.25) is 0 Å². The predicted molar refractivity (Wildman–Crippen MR) is 157 cm³/mol. The fraction of sp³-hybridized carbons (Fsp3) is 0.625. The molecule has 2 fully saturated rings. The zero-order chi connectivity index (χ0) is 30.1. The van der Waals surface area contributed by atoms with Gasteiger partial charge in [0.25, 0.3) is 0 Å². The predicted octanol–water partition coefficient (Wildman–Crippen LogP) is 6.03. The molecule has 2 saturated heterocycles. The lowest BCUT2D eigenvalue weighted by molar-refractivity contribution is -0.166. The highest BCUT2D eigenvalue weighted by Gasteiger charge is 2.53. The Bertz CT molecular complexity index is 1300. The summed E-state index contributed by atoms with van der Waals surface area (Å²) in [6, 6.07) is 5.90. The number of fused-ring (bicyclic) bond motifs is 2. The average Bonchev–Trinajstić information content (AvgIpc) is 3.36. The Labute approximate surface area is 246 Å². The highest BCUT2D eigenvalue weighted by molar-refractivity contribution is 7.18. The number of esters is 2. The Morgan fingerprint density at radius 2 is 2.02 bits per heavy atom. The molecular weight excluding hydrogens is 542 g/mol. The molecule has 8 nitrogen and oxygen atoms in total. The molecule has 0 bridgehead atoms. The number of allylic oxidation sites excluding steroid dienone is 1. The maximum absolute atomic E-state index is 13.9. The molecule has 9 heteroatoms. The van der Waals surface area contributed by atoms with Crippen LogP contribution in [0.25, 0.3) is 10.2 Å². The second-order valence-electron chi connectivity index (χ2n) is 12.5. The van der Waals surface area contributed by atoms with Crippen LogP contribution in [0.5, 0.6) is 0 Å². The van der Waals surface area contributed by atoms with Gasteiger partial charge in [-0.1, -0.05) is 25.5 Å². The average molecular weight is 586 g/mol. The van der Waals surface area contributed by atoms with Gasteiger partial charge in [0.1, 0.15) is 18.0 Å². The van der Waals surface area contributed by atoms with Crippen molar-refractivity contribution in [3.63, 3.8) is 0 Å². The van der Waals surface area contributed by atoms with Gasteiger partial charge in [0, 0.05) is 19.3 Å². The van der Waals surface area contributed by atoms with E-state index >= 15 is 0 Å². The Morgan fingerprint density at radius 3 is 2.71 bits per heavy atom. The normalized spacial score (nSPS) is 33.0. The third-order valence-electron chi connectivity index (χ3n) is 8.81. The van der Waals surface area contributed by atoms with Crippen LogP contribution in [0.4, 0.5) is 0 Å². The summed E-state index contributed by atoms with van der Waals surface area (Å²) in [4.78, 5) is 44.2. The number of ketones is 1. The van der Waals surface area contributed by atoms with E-state index < -0.39 is 41.6 Å². The minimum absolute atomic E-state index is 0.0999. The fourth-order valence-corrected chi connectivity index (χ4v) is 6.88. The maximum atomic E-state index is 13.9. The Morgan fingerprint density at radius 1 is 1.29 bits per heavy atom. The van der Waals surface area contributed by atoms with Crippen LogP contribution in [0.15, 0.2) is 30.9 Å². The molecule has 7 atom stereocenters. The molecule has 0 amide bonds. The van der Waals surface area contributed by atoms with Crippen LogP contribution in [-0.4, -0.2) is 51.7 Å². The van der Waals surface area contributed by atoms with Gasteiger partial charge in [0.2, 0.25) is 0 Å². The first kappa shape index (κ1) is 31.3. The number of Topliss-reactive ketones (excluding diaryl/α,β-unsaturated/α-hetero) is 1. The van der Waals surface area contributed by atoms with Crippen LogP contribution in [0.3, 0.4) is 0 Å². The molecule has 2 aromatic rings. The first-order valence-electron chi connectivity index (χ1n) is 14.5. The third kappa shape index (κ3) is 7.07. The second kappa shape index (κ2) is 12.3. The number of carbonyl (C=O) groups is 3. The fourth-order valence-electron chi connectivity index (χ4n) is 6.08. The van der Waals surface area contributed by atoms with Crippen LogP contribution < -0.4 is 0 Å². The highest BCUT2D eigenvalue weighted by Crippen LogP contribution is 2.47. The number of cyclic esters (lactones) is 1. The van der Waals surface area contributed by atoms with Gasteiger partial charge in [-0.2, -0.15) is 0 Å². The van der Waals surface area contributed by atoms with Crippen molar-refractivity contribution < 1.29 is 33.7 Å². The number of benzene rings is 1. The number of thiazole rings is 1. The smallest absolute Gasteiger partial charge is 0.310 e. The highest BCUT2D eigenvalue weighted by atomic mass is 32.1. The van der Waals surface area contributed by atoms with E-state index in [2.05, 4.69) is 18.5 Å². The number of epoxide rings is 1. The van der Waals surface area contributed by atoms with E-state index in [0.29, 0.717) is 6.42 Å². The van der Waals surface area contributed by atoms with Gasteiger partial charge in [0.15, 0.2) is 0 Å². The van der Waals surface area contributed by atoms with E-state index in [4.69, 9.17) is 14.2 Å². The largest absolute Gasteiger partial charge is 0.461 e. The molecule has 3 heterocycles. The molecule has 41 heavy (non-hydrogen) atoms. The van der Waals surface area contributed by atoms with E-state index in [1.807, 2.05) is 32.0 Å². The van der Waals surface area contributed by atoms with Crippen LogP contribution in [-0.2, 0) is 28.6 Å². The molecule has 1 aromatic heterocycles. The number of aliphatic hydroxyl groups excluding tert-OH is 1. The summed E-state index contributed by atoms with van der Waals surface area (Å²) >= 11 is 1.60. The summed E-state index contributed by atoms with van der Waals surface area (Å²) in [5.74, 6) is -2.36. The SMILES string of the molecule is C=CC[C@@H]1C(=O)C(C)(C)[C@H](OC(C)=O)CC(=O)O[C@@H](c2ccc3sc(C)nc3c2)C[C@H]2O[C@@]2(C)CCC[C@@H](C)[C@H]1O. The first-order chi connectivity index (χ1) is 19.2. The third-order valence-corrected chi connectivity index (χ3v) is 9.76. The summed E-state index contributed by atoms with van der Waals surface area (Å²) < 4.78 is 18.9. The molecule has 1 N–H and O–H groups in total. The van der Waals surface area contributed by atoms with Crippen LogP contribution >= 0.6 is 11.3 Å². The molecule has 0 saturated carbocycles. The van der Waals surface area contributed by atoms with Crippen molar-refractivity contribution in [2.24, 2.45) is 17.3 Å². The van der Waals surface area contributed by atoms with Crippen molar-refractivity contribution in [1.82, 2.24) is 4.98 Å². The molecule has 4 rings (SSSR count). The summed E-state index contributed by atoms with van der Waals surface area (Å²) in [5, 5.41) is 12.2. The van der Waals surface area contributed by atoms with Crippen molar-refractivity contribution in [2.75, 3.05) is 0 Å². The van der Waals surface area contributed by atoms with Gasteiger partial charge >= 0.3 is 11.9 Å². The second-order valence-corrected chi connectivity index (χ2v) is 13.7. The standard InChI is InChI=1S/C32H43NO7S/c1-8-10-22-29(36)18(2)11-9-14-32(7)27(40-32)16-24(21-12-13-25-23(15-21)33-19(3)41-25)39-28(35)17-26(38-20(4)34)31(5,6)30(22)37/h8,12-13,15,18,22,24,26-27,29,36H,1,9-11,14,16-17H2,2-7H3/t18-,22+,24-,26-,27-,29-,32+/m1/s1. The van der Waals surface area contributed by atoms with E-state index in [0.717, 1.165) is 40.1 Å². The Balaban J connectivity index is 1.69. The molecular formula is C32H43NO7S. The molecule has 1 aromatic carbocycles. The lowest BCUT2D eigenvalue weighted by Crippen LogP contribution is -2.48. The van der Waals surface area contributed by atoms with Crippen molar-refractivity contribution in [1.29, 1.82) is 0 Å². The van der Waals surface area contributed by atoms with E-state index in [9.17, 15) is 19.5 Å². The number of hydrogen-bond donors (Lipinski definition) is 1. The Kier molecular flexibility index (Phi) is 9.41. The van der Waals surface area contributed by atoms with E-state index in [1.165, 1.54) is 6.92 Å². The van der Waals surface area contributed by atoms with Crippen molar-refractivity contribution in [3.05, 3.63) is 41.4 Å². The first-order valence-corrected chi connectivity index (χ1v) is 15.3. The number of nitrogens with zero attached hydrogens (tertiary/aromatic N) is 1. The van der Waals surface area contributed by atoms with Gasteiger partial charge in [0.05, 0.1) is 44.9 Å². The van der Waals surface area contributed by atoms with Crippen molar-refractivity contribution in [3.8, 4) is 0 Å². The summed E-state index contributed by atoms with van der Waals surface area (Å²) in [7, 11) is 0. The molecule has 2 aliphatic rings. The van der Waals surface area contributed by atoms with Gasteiger partial charge in [-0.25, -0.2) is 4.98 Å². The summed E-state index contributed by atoms with van der Waals surface area (Å²) in [5.41, 5.74) is 0.0444. The molecule has 224 valence electrons. The minimum Gasteiger partial charge on any atom is -0.461 e. The quantitative estimate of drug-likeness (QED) is 0.263. The number of ether oxygens (including phenoxy) is 3. The number of rotatable bonds is 4. The maximum Gasteiger partial charge on any atom is 0.310 e. The molecule has 0 radical (unpaired) electrons. The van der Waals surface area contributed by atoms with Gasteiger partial charge in [-0.15, -0.1) is 17.9 Å². The molecule has 0 unspecified atom stereocenters. The lowest BCUT2D eigenvalue weighted by atomic mass is 9.71. The number of aryl methyl sites for hydroxylation is 1. The zero-order valence-corrected chi connectivity index (χ0v) is 25.8. The van der Waals surface area contributed by atoms with Crippen molar-refractivity contribution >= 4 is 39.3 Å². The number of aromatic nitrogens is 1. The van der Waals surface area contributed by atoms with Gasteiger partial charge < -0.3 is 19.3 Å². The van der Waals surface area contributed by atoms with Crippen LogP contribution in [0.1, 0.15) is 89.8 Å². The molecule has 0 spiro atoms. The van der Waals surface area contributed by atoms with Gasteiger partial charge in [-0.05, 0) is 70.6 Å². The lowest BCUT2D eigenvalue weighted by Gasteiger charge is -2.37. The number of aliphatic hydroxyl groups is 1. The molecule has 2 aliphatic heterocycles. The van der Waals surface area contributed by atoms with Crippen LogP contribution in [0, 0.1) is 24.2 Å². The van der Waals surface area contributed by atoms with Gasteiger partial charge in [-0.3, -0.25) is 14.4 Å². The number of hydrogen-bond acceptors (Lipinski definition) is 9.